The van der Waals surface area contributed by atoms with E-state index in [0.29, 0.717) is 6.54 Å². The molecule has 1 aliphatic rings. The molecule has 2 aromatic rings. The first-order chi connectivity index (χ1) is 10.6. The fourth-order valence-electron chi connectivity index (χ4n) is 2.57. The van der Waals surface area contributed by atoms with Gasteiger partial charge in [0.2, 0.25) is 5.88 Å². The molecule has 0 aliphatic carbocycles. The molecule has 0 atom stereocenters. The van der Waals surface area contributed by atoms with Gasteiger partial charge in [-0.3, -0.25) is 19.3 Å². The summed E-state index contributed by atoms with van der Waals surface area (Å²) in [7, 11) is 0. The van der Waals surface area contributed by atoms with Gasteiger partial charge in [-0.1, -0.05) is 24.3 Å². The molecule has 0 radical (unpaired) electrons. The summed E-state index contributed by atoms with van der Waals surface area (Å²) in [5.74, 6) is -0.163. The number of hydrogen-bond acceptors (Lipinski definition) is 4. The predicted octanol–water partition coefficient (Wildman–Crippen LogP) is 0.802. The molecule has 0 unspecified atom stereocenters. The van der Waals surface area contributed by atoms with Crippen LogP contribution in [0.2, 0.25) is 0 Å². The van der Waals surface area contributed by atoms with E-state index < -0.39 is 5.56 Å². The zero-order valence-corrected chi connectivity index (χ0v) is 12.7. The van der Waals surface area contributed by atoms with Crippen molar-refractivity contribution in [2.24, 2.45) is 4.99 Å². The number of aromatic nitrogens is 2. The molecule has 6 heteroatoms. The van der Waals surface area contributed by atoms with Crippen molar-refractivity contribution in [1.29, 1.82) is 0 Å². The predicted molar refractivity (Wildman–Crippen MR) is 87.1 cm³/mol. The minimum Gasteiger partial charge on any atom is -0.494 e. The lowest BCUT2D eigenvalue weighted by Crippen LogP contribution is -2.27. The topological polar surface area (TPSA) is 70.4 Å². The summed E-state index contributed by atoms with van der Waals surface area (Å²) in [6, 6.07) is 5.83. The Morgan fingerprint density at radius 1 is 1.50 bits per heavy atom. The van der Waals surface area contributed by atoms with Crippen LogP contribution in [-0.2, 0) is 13.0 Å². The van der Waals surface area contributed by atoms with Crippen molar-refractivity contribution in [3.05, 3.63) is 67.7 Å². The summed E-state index contributed by atoms with van der Waals surface area (Å²) in [6.07, 6.45) is 4.16. The van der Waals surface area contributed by atoms with Crippen LogP contribution in [0.5, 0.6) is 5.88 Å². The second-order valence-corrected chi connectivity index (χ2v) is 5.41. The normalized spacial score (nSPS) is 13.7. The molecule has 1 aromatic carbocycles. The Kier molecular flexibility index (Phi) is 3.77. The molecule has 0 fully saturated rings. The molecule has 0 saturated carbocycles. The summed E-state index contributed by atoms with van der Waals surface area (Å²) in [5, 5.41) is 12.1. The van der Waals surface area contributed by atoms with Gasteiger partial charge in [-0.25, -0.2) is 0 Å². The number of aromatic amines is 1. The Bertz CT molecular complexity index is 986. The number of rotatable bonds is 3. The van der Waals surface area contributed by atoms with Crippen LogP contribution < -0.4 is 16.1 Å². The second kappa shape index (κ2) is 5.73. The minimum atomic E-state index is -0.418. The number of benzene rings is 1. The second-order valence-electron chi connectivity index (χ2n) is 5.03. The average Bonchev–Trinajstić information content (AvgIpc) is 2.97. The lowest BCUT2D eigenvalue weighted by atomic mass is 10.1. The highest BCUT2D eigenvalue weighted by Crippen LogP contribution is 2.13. The van der Waals surface area contributed by atoms with Crippen LogP contribution in [0, 0.1) is 4.77 Å². The van der Waals surface area contributed by atoms with Crippen molar-refractivity contribution in [2.45, 2.75) is 13.0 Å². The largest absolute Gasteiger partial charge is 0.494 e. The van der Waals surface area contributed by atoms with Gasteiger partial charge in [0.25, 0.3) is 5.56 Å². The van der Waals surface area contributed by atoms with Crippen molar-refractivity contribution >= 4 is 18.3 Å². The smallest absolute Gasteiger partial charge is 0.262 e. The van der Waals surface area contributed by atoms with E-state index in [2.05, 4.69) is 16.6 Å². The first kappa shape index (κ1) is 14.5. The summed E-state index contributed by atoms with van der Waals surface area (Å²) in [5.41, 5.74) is 0.910. The lowest BCUT2D eigenvalue weighted by Gasteiger charge is -2.08. The standard InChI is InChI=1S/C16H15N3O2S/c1-2-8-19-15(21)12(14(20)18-16(19)22)9-11-5-3-4-10-6-7-17-13(10)11/h2-5,9,21H,1,6-8H2,(H,18,20,22)/b11-9+. The number of fused-ring (bicyclic) bond motifs is 1. The fourth-order valence-corrected chi connectivity index (χ4v) is 2.82. The molecule has 2 heterocycles. The minimum absolute atomic E-state index is 0.163. The van der Waals surface area contributed by atoms with Crippen molar-refractivity contribution in [2.75, 3.05) is 6.54 Å². The summed E-state index contributed by atoms with van der Waals surface area (Å²) in [6.45, 7) is 4.70. The van der Waals surface area contributed by atoms with Gasteiger partial charge in [0, 0.05) is 18.3 Å². The molecule has 22 heavy (non-hydrogen) atoms. The van der Waals surface area contributed by atoms with Crippen molar-refractivity contribution < 1.29 is 5.11 Å². The van der Waals surface area contributed by atoms with Gasteiger partial charge in [-0.15, -0.1) is 6.58 Å². The molecule has 112 valence electrons. The first-order valence-corrected chi connectivity index (χ1v) is 7.33. The third-order valence-corrected chi connectivity index (χ3v) is 3.94. The number of aromatic hydroxyl groups is 1. The van der Waals surface area contributed by atoms with Crippen molar-refractivity contribution in [3.63, 3.8) is 0 Å². The average molecular weight is 313 g/mol. The third-order valence-electron chi connectivity index (χ3n) is 3.62. The van der Waals surface area contributed by atoms with Gasteiger partial charge in [-0.05, 0) is 30.3 Å². The van der Waals surface area contributed by atoms with Crippen LogP contribution in [0.4, 0.5) is 0 Å². The van der Waals surface area contributed by atoms with Crippen molar-refractivity contribution in [1.82, 2.24) is 9.55 Å². The first-order valence-electron chi connectivity index (χ1n) is 6.93. The Hall–Kier alpha value is -2.47. The van der Waals surface area contributed by atoms with E-state index in [9.17, 15) is 9.90 Å². The molecule has 0 saturated heterocycles. The summed E-state index contributed by atoms with van der Waals surface area (Å²) in [4.78, 5) is 19.2. The SMILES string of the molecule is C=CCn1c(O)c(/C=c2\cccc3c2=NCC3)c(=O)[nH]c1=S. The molecule has 1 aromatic heterocycles. The van der Waals surface area contributed by atoms with E-state index in [1.165, 1.54) is 4.57 Å². The molecule has 2 N–H and O–H groups in total. The van der Waals surface area contributed by atoms with E-state index in [0.717, 1.165) is 29.1 Å². The molecule has 1 aliphatic heterocycles. The van der Waals surface area contributed by atoms with E-state index in [-0.39, 0.29) is 16.2 Å². The maximum atomic E-state index is 12.1. The van der Waals surface area contributed by atoms with Crippen LogP contribution in [0.1, 0.15) is 11.1 Å². The fraction of sp³-hybridized carbons (Fsp3) is 0.188. The monoisotopic (exact) mass is 313 g/mol. The molecule has 5 nitrogen and oxygen atoms in total. The van der Waals surface area contributed by atoms with Gasteiger partial charge >= 0.3 is 0 Å². The Balaban J connectivity index is 2.31. The highest BCUT2D eigenvalue weighted by molar-refractivity contribution is 7.71. The highest BCUT2D eigenvalue weighted by atomic mass is 32.1. The van der Waals surface area contributed by atoms with Gasteiger partial charge in [-0.2, -0.15) is 0 Å². The number of hydrogen-bond donors (Lipinski definition) is 2. The number of allylic oxidation sites excluding steroid dienone is 1. The zero-order valence-electron chi connectivity index (χ0n) is 11.9. The Labute approximate surface area is 131 Å². The van der Waals surface area contributed by atoms with Crippen LogP contribution in [0.25, 0.3) is 6.08 Å². The van der Waals surface area contributed by atoms with E-state index in [1.807, 2.05) is 18.2 Å². The van der Waals surface area contributed by atoms with Gasteiger partial charge in [0.05, 0.1) is 5.36 Å². The highest BCUT2D eigenvalue weighted by Gasteiger charge is 2.11. The lowest BCUT2D eigenvalue weighted by molar-refractivity contribution is 0.412. The van der Waals surface area contributed by atoms with E-state index in [4.69, 9.17) is 12.2 Å². The van der Waals surface area contributed by atoms with Crippen LogP contribution in [0.15, 0.2) is 40.6 Å². The number of nitrogens with one attached hydrogen (secondary N) is 1. The molecule has 0 amide bonds. The van der Waals surface area contributed by atoms with Crippen LogP contribution in [-0.4, -0.2) is 21.2 Å². The quantitative estimate of drug-likeness (QED) is 0.650. The van der Waals surface area contributed by atoms with Crippen molar-refractivity contribution in [3.8, 4) is 5.88 Å². The summed E-state index contributed by atoms with van der Waals surface area (Å²) < 4.78 is 1.60. The molecular formula is C16H15N3O2S. The van der Waals surface area contributed by atoms with Crippen LogP contribution >= 0.6 is 12.2 Å². The number of para-hydroxylation sites is 1. The Morgan fingerprint density at radius 3 is 3.09 bits per heavy atom. The molecule has 0 spiro atoms. The van der Waals surface area contributed by atoms with Gasteiger partial charge in [0.15, 0.2) is 4.77 Å². The molecular weight excluding hydrogens is 298 g/mol. The number of nitrogens with zero attached hydrogens (tertiary/aromatic N) is 2. The maximum Gasteiger partial charge on any atom is 0.262 e. The maximum absolute atomic E-state index is 12.1. The zero-order chi connectivity index (χ0) is 15.7. The Morgan fingerprint density at radius 2 is 2.32 bits per heavy atom. The number of H-pyrrole nitrogens is 1. The van der Waals surface area contributed by atoms with Crippen LogP contribution in [0.3, 0.4) is 0 Å². The van der Waals surface area contributed by atoms with Gasteiger partial charge in [0.1, 0.15) is 5.56 Å². The van der Waals surface area contributed by atoms with E-state index in [1.54, 1.807) is 12.2 Å². The third kappa shape index (κ3) is 2.42. The molecule has 3 rings (SSSR count). The molecule has 0 bridgehead atoms. The van der Waals surface area contributed by atoms with E-state index >= 15 is 0 Å². The van der Waals surface area contributed by atoms with Gasteiger partial charge < -0.3 is 5.11 Å². The summed E-state index contributed by atoms with van der Waals surface area (Å²) >= 11 is 5.06.